The number of rotatable bonds is 6. The molecular formula is C28H26O3. The predicted octanol–water partition coefficient (Wildman–Crippen LogP) is 7.79. The average molecular weight is 411 g/mol. The third-order valence-electron chi connectivity index (χ3n) is 6.32. The lowest BCUT2D eigenvalue weighted by molar-refractivity contribution is 0.541. The molecule has 0 amide bonds. The van der Waals surface area contributed by atoms with Gasteiger partial charge in [-0.15, -0.1) is 0 Å². The highest BCUT2D eigenvalue weighted by molar-refractivity contribution is 6.03. The van der Waals surface area contributed by atoms with Gasteiger partial charge in [0, 0.05) is 28.0 Å². The van der Waals surface area contributed by atoms with E-state index in [0.29, 0.717) is 5.58 Å². The second-order valence-electron chi connectivity index (χ2n) is 8.36. The van der Waals surface area contributed by atoms with Gasteiger partial charge in [0.25, 0.3) is 0 Å². The van der Waals surface area contributed by atoms with Gasteiger partial charge in [-0.25, -0.2) is 4.79 Å². The molecule has 5 rings (SSSR count). The van der Waals surface area contributed by atoms with Crippen molar-refractivity contribution in [2.45, 2.75) is 46.0 Å². The zero-order chi connectivity index (χ0) is 21.4. The maximum absolute atomic E-state index is 12.6. The molecule has 0 atom stereocenters. The van der Waals surface area contributed by atoms with E-state index in [9.17, 15) is 4.79 Å². The van der Waals surface area contributed by atoms with Crippen LogP contribution in [-0.4, -0.2) is 0 Å². The quantitative estimate of drug-likeness (QED) is 0.212. The van der Waals surface area contributed by atoms with Crippen molar-refractivity contribution in [3.05, 3.63) is 82.4 Å². The van der Waals surface area contributed by atoms with Crippen LogP contribution in [-0.2, 0) is 6.42 Å². The van der Waals surface area contributed by atoms with E-state index in [1.807, 2.05) is 13.0 Å². The Morgan fingerprint density at radius 1 is 0.839 bits per heavy atom. The van der Waals surface area contributed by atoms with Crippen LogP contribution in [0.15, 0.2) is 74.5 Å². The van der Waals surface area contributed by atoms with Gasteiger partial charge < -0.3 is 8.83 Å². The second kappa shape index (κ2) is 8.07. The molecular weight excluding hydrogens is 384 g/mol. The molecule has 2 aromatic heterocycles. The second-order valence-corrected chi connectivity index (χ2v) is 8.36. The smallest absolute Gasteiger partial charge is 0.339 e. The van der Waals surface area contributed by atoms with E-state index in [2.05, 4.69) is 55.5 Å². The number of hydrogen-bond donors (Lipinski definition) is 0. The molecule has 31 heavy (non-hydrogen) atoms. The van der Waals surface area contributed by atoms with Crippen molar-refractivity contribution < 1.29 is 8.83 Å². The van der Waals surface area contributed by atoms with Crippen molar-refractivity contribution in [3.8, 4) is 11.1 Å². The zero-order valence-corrected chi connectivity index (χ0v) is 18.0. The minimum absolute atomic E-state index is 0.220. The van der Waals surface area contributed by atoms with Gasteiger partial charge in [0.15, 0.2) is 0 Å². The summed E-state index contributed by atoms with van der Waals surface area (Å²) in [6, 6.07) is 18.8. The molecule has 3 nitrogen and oxygen atoms in total. The van der Waals surface area contributed by atoms with Crippen LogP contribution < -0.4 is 5.63 Å². The van der Waals surface area contributed by atoms with Crippen molar-refractivity contribution in [3.63, 3.8) is 0 Å². The van der Waals surface area contributed by atoms with E-state index in [1.54, 1.807) is 6.26 Å². The fourth-order valence-corrected chi connectivity index (χ4v) is 4.51. The van der Waals surface area contributed by atoms with E-state index < -0.39 is 0 Å². The first-order chi connectivity index (χ1) is 15.2. The highest BCUT2D eigenvalue weighted by Crippen LogP contribution is 2.35. The summed E-state index contributed by atoms with van der Waals surface area (Å²) >= 11 is 0. The third kappa shape index (κ3) is 3.54. The Morgan fingerprint density at radius 2 is 1.68 bits per heavy atom. The first-order valence-electron chi connectivity index (χ1n) is 11.1. The van der Waals surface area contributed by atoms with Gasteiger partial charge in [0.05, 0.1) is 6.26 Å². The molecule has 3 heteroatoms. The molecule has 2 heterocycles. The maximum Gasteiger partial charge on any atom is 0.339 e. The van der Waals surface area contributed by atoms with Crippen molar-refractivity contribution in [1.82, 2.24) is 0 Å². The summed E-state index contributed by atoms with van der Waals surface area (Å²) in [5.41, 5.74) is 5.10. The molecule has 0 bridgehead atoms. The molecule has 0 N–H and O–H groups in total. The Morgan fingerprint density at radius 3 is 2.52 bits per heavy atom. The van der Waals surface area contributed by atoms with Gasteiger partial charge in [-0.1, -0.05) is 62.6 Å². The Hall–Kier alpha value is -3.33. The van der Waals surface area contributed by atoms with Gasteiger partial charge in [-0.3, -0.25) is 0 Å². The first-order valence-corrected chi connectivity index (χ1v) is 11.1. The highest BCUT2D eigenvalue weighted by atomic mass is 16.4. The Balaban J connectivity index is 1.63. The van der Waals surface area contributed by atoms with Crippen LogP contribution in [0.25, 0.3) is 43.8 Å². The minimum atomic E-state index is -0.220. The molecule has 5 aromatic rings. The van der Waals surface area contributed by atoms with Gasteiger partial charge >= 0.3 is 5.63 Å². The number of hydrogen-bond acceptors (Lipinski definition) is 3. The van der Waals surface area contributed by atoms with Crippen molar-refractivity contribution in [2.75, 3.05) is 0 Å². The summed E-state index contributed by atoms with van der Waals surface area (Å²) in [6.45, 7) is 4.23. The van der Waals surface area contributed by atoms with E-state index >= 15 is 0 Å². The van der Waals surface area contributed by atoms with Crippen LogP contribution in [0.5, 0.6) is 0 Å². The number of benzene rings is 3. The van der Waals surface area contributed by atoms with Gasteiger partial charge in [-0.05, 0) is 53.8 Å². The normalized spacial score (nSPS) is 11.7. The van der Waals surface area contributed by atoms with E-state index in [1.165, 1.54) is 23.6 Å². The molecule has 0 aliphatic heterocycles. The van der Waals surface area contributed by atoms with Crippen LogP contribution in [0.1, 0.15) is 43.7 Å². The Kier molecular flexibility index (Phi) is 5.11. The lowest BCUT2D eigenvalue weighted by Crippen LogP contribution is -2.10. The number of fused-ring (bicyclic) bond motifs is 3. The summed E-state index contributed by atoms with van der Waals surface area (Å²) in [4.78, 5) is 12.6. The number of unbranched alkanes of at least 4 members (excludes halogenated alkanes) is 3. The summed E-state index contributed by atoms with van der Waals surface area (Å²) in [6.07, 6.45) is 7.10. The summed E-state index contributed by atoms with van der Waals surface area (Å²) in [5.74, 6) is 0. The molecule has 0 unspecified atom stereocenters. The molecule has 0 spiro atoms. The zero-order valence-electron chi connectivity index (χ0n) is 18.0. The Labute approximate surface area is 181 Å². The lowest BCUT2D eigenvalue weighted by Gasteiger charge is -2.08. The van der Waals surface area contributed by atoms with Crippen LogP contribution in [0, 0.1) is 6.92 Å². The summed E-state index contributed by atoms with van der Waals surface area (Å²) < 4.78 is 11.6. The van der Waals surface area contributed by atoms with Gasteiger partial charge in [0.2, 0.25) is 0 Å². The van der Waals surface area contributed by atoms with Crippen LogP contribution >= 0.6 is 0 Å². The summed E-state index contributed by atoms with van der Waals surface area (Å²) in [5, 5.41) is 4.44. The fraction of sp³-hybridized carbons (Fsp3) is 0.250. The largest absolute Gasteiger partial charge is 0.464 e. The molecule has 156 valence electrons. The maximum atomic E-state index is 12.6. The molecule has 0 aliphatic carbocycles. The Bertz CT molecular complexity index is 1450. The predicted molar refractivity (Wildman–Crippen MR) is 128 cm³/mol. The molecule has 3 aromatic carbocycles. The molecule has 0 saturated carbocycles. The average Bonchev–Trinajstić information content (AvgIpc) is 3.20. The molecule has 0 fully saturated rings. The highest BCUT2D eigenvalue weighted by Gasteiger charge is 2.16. The van der Waals surface area contributed by atoms with E-state index in [4.69, 9.17) is 8.83 Å². The SMILES string of the molecule is CCCCCCc1c(C)c2cc3c(-c4ccc5ccccc5c4)coc3cc2oc1=O. The third-order valence-corrected chi connectivity index (χ3v) is 6.32. The standard InChI is InChI=1S/C28H26O3/c1-3-4-5-6-11-22-18(2)23-15-24-25(17-30-26(24)16-27(23)31-28(22)29)21-13-12-19-9-7-8-10-20(19)14-21/h7-10,12-17H,3-6,11H2,1-2H3. The van der Waals surface area contributed by atoms with Crippen LogP contribution in [0.4, 0.5) is 0 Å². The monoisotopic (exact) mass is 410 g/mol. The number of furan rings is 1. The van der Waals surface area contributed by atoms with Crippen molar-refractivity contribution in [2.24, 2.45) is 0 Å². The van der Waals surface area contributed by atoms with Crippen molar-refractivity contribution >= 4 is 32.7 Å². The topological polar surface area (TPSA) is 43.4 Å². The van der Waals surface area contributed by atoms with Gasteiger partial charge in [0.1, 0.15) is 11.2 Å². The first kappa shape index (κ1) is 19.6. The lowest BCUT2D eigenvalue weighted by atomic mass is 9.97. The molecule has 0 aliphatic rings. The minimum Gasteiger partial charge on any atom is -0.464 e. The van der Waals surface area contributed by atoms with E-state index in [0.717, 1.165) is 57.9 Å². The van der Waals surface area contributed by atoms with Crippen molar-refractivity contribution in [1.29, 1.82) is 0 Å². The van der Waals surface area contributed by atoms with Crippen LogP contribution in [0.3, 0.4) is 0 Å². The molecule has 0 saturated heterocycles. The number of aryl methyl sites for hydroxylation is 1. The van der Waals surface area contributed by atoms with Gasteiger partial charge in [-0.2, -0.15) is 0 Å². The van der Waals surface area contributed by atoms with E-state index in [-0.39, 0.29) is 5.63 Å². The van der Waals surface area contributed by atoms with Crippen LogP contribution in [0.2, 0.25) is 0 Å². The molecule has 0 radical (unpaired) electrons. The fourth-order valence-electron chi connectivity index (χ4n) is 4.51. The summed E-state index contributed by atoms with van der Waals surface area (Å²) in [7, 11) is 0.